The SMILES string of the molecule is CC(=O)c1cc(OCCO)cc(C(C)(C)C)c1. The molecule has 0 unspecified atom stereocenters. The largest absolute Gasteiger partial charge is 0.491 e. The monoisotopic (exact) mass is 236 g/mol. The first-order valence-corrected chi connectivity index (χ1v) is 5.75. The summed E-state index contributed by atoms with van der Waals surface area (Å²) in [7, 11) is 0. The van der Waals surface area contributed by atoms with Gasteiger partial charge in [-0.05, 0) is 36.1 Å². The Morgan fingerprint density at radius 1 is 1.29 bits per heavy atom. The Morgan fingerprint density at radius 3 is 2.41 bits per heavy atom. The van der Waals surface area contributed by atoms with Gasteiger partial charge in [0, 0.05) is 5.56 Å². The molecule has 0 bridgehead atoms. The molecule has 1 rings (SSSR count). The number of hydrogen-bond acceptors (Lipinski definition) is 3. The first-order chi connectivity index (χ1) is 7.84. The molecule has 94 valence electrons. The summed E-state index contributed by atoms with van der Waals surface area (Å²) >= 11 is 0. The fourth-order valence-corrected chi connectivity index (χ4v) is 1.48. The highest BCUT2D eigenvalue weighted by Crippen LogP contribution is 2.27. The number of carbonyl (C=O) groups excluding carboxylic acids is 1. The molecule has 0 radical (unpaired) electrons. The van der Waals surface area contributed by atoms with Crippen LogP contribution in [-0.4, -0.2) is 24.1 Å². The van der Waals surface area contributed by atoms with Gasteiger partial charge in [0.1, 0.15) is 12.4 Å². The third-order valence-electron chi connectivity index (χ3n) is 2.54. The van der Waals surface area contributed by atoms with Crippen molar-refractivity contribution in [2.75, 3.05) is 13.2 Å². The normalized spacial score (nSPS) is 11.4. The Kier molecular flexibility index (Phi) is 4.29. The van der Waals surface area contributed by atoms with E-state index in [4.69, 9.17) is 9.84 Å². The van der Waals surface area contributed by atoms with E-state index in [1.165, 1.54) is 6.92 Å². The molecule has 0 aliphatic carbocycles. The molecule has 0 atom stereocenters. The van der Waals surface area contributed by atoms with Crippen LogP contribution in [0.2, 0.25) is 0 Å². The van der Waals surface area contributed by atoms with Crippen LogP contribution in [0.3, 0.4) is 0 Å². The van der Waals surface area contributed by atoms with Gasteiger partial charge in [-0.25, -0.2) is 0 Å². The average Bonchev–Trinajstić information content (AvgIpc) is 2.24. The van der Waals surface area contributed by atoms with Crippen molar-refractivity contribution in [3.8, 4) is 5.75 Å². The van der Waals surface area contributed by atoms with Gasteiger partial charge < -0.3 is 9.84 Å². The lowest BCUT2D eigenvalue weighted by atomic mass is 9.85. The molecule has 0 aliphatic rings. The second-order valence-electron chi connectivity index (χ2n) is 5.12. The molecule has 0 aliphatic heterocycles. The number of hydrogen-bond donors (Lipinski definition) is 1. The maximum absolute atomic E-state index is 11.4. The molecule has 1 aromatic rings. The Morgan fingerprint density at radius 2 is 1.94 bits per heavy atom. The molecule has 3 nitrogen and oxygen atoms in total. The smallest absolute Gasteiger partial charge is 0.159 e. The van der Waals surface area contributed by atoms with E-state index in [0.717, 1.165) is 5.56 Å². The zero-order valence-electron chi connectivity index (χ0n) is 10.9. The number of aliphatic hydroxyl groups excluding tert-OH is 1. The van der Waals surface area contributed by atoms with E-state index in [2.05, 4.69) is 20.8 Å². The van der Waals surface area contributed by atoms with Gasteiger partial charge in [0.25, 0.3) is 0 Å². The van der Waals surface area contributed by atoms with Crippen LogP contribution >= 0.6 is 0 Å². The first-order valence-electron chi connectivity index (χ1n) is 5.75. The van der Waals surface area contributed by atoms with E-state index in [1.807, 2.05) is 12.1 Å². The third kappa shape index (κ3) is 3.86. The van der Waals surface area contributed by atoms with Crippen LogP contribution in [0.5, 0.6) is 5.75 Å². The fraction of sp³-hybridized carbons (Fsp3) is 0.500. The average molecular weight is 236 g/mol. The van der Waals surface area contributed by atoms with Gasteiger partial charge in [-0.2, -0.15) is 0 Å². The molecule has 0 amide bonds. The molecule has 17 heavy (non-hydrogen) atoms. The van der Waals surface area contributed by atoms with Crippen molar-refractivity contribution in [1.29, 1.82) is 0 Å². The minimum Gasteiger partial charge on any atom is -0.491 e. The molecule has 0 saturated heterocycles. The lowest BCUT2D eigenvalue weighted by Gasteiger charge is -2.21. The van der Waals surface area contributed by atoms with Crippen LogP contribution in [0.25, 0.3) is 0 Å². The van der Waals surface area contributed by atoms with Gasteiger partial charge in [0.2, 0.25) is 0 Å². The van der Waals surface area contributed by atoms with Crippen molar-refractivity contribution in [3.63, 3.8) is 0 Å². The van der Waals surface area contributed by atoms with E-state index in [9.17, 15) is 4.79 Å². The fourth-order valence-electron chi connectivity index (χ4n) is 1.48. The number of Topliss-reactive ketones (excluding diaryl/α,β-unsaturated/α-hetero) is 1. The molecule has 3 heteroatoms. The van der Waals surface area contributed by atoms with Crippen molar-refractivity contribution < 1.29 is 14.6 Å². The number of benzene rings is 1. The Hall–Kier alpha value is -1.35. The van der Waals surface area contributed by atoms with Gasteiger partial charge in [-0.15, -0.1) is 0 Å². The second kappa shape index (κ2) is 5.32. The van der Waals surface area contributed by atoms with Crippen LogP contribution in [0.4, 0.5) is 0 Å². The minimum absolute atomic E-state index is 0.0185. The summed E-state index contributed by atoms with van der Waals surface area (Å²) in [6.07, 6.45) is 0. The van der Waals surface area contributed by atoms with Gasteiger partial charge in [-0.3, -0.25) is 4.79 Å². The van der Waals surface area contributed by atoms with Gasteiger partial charge in [0.05, 0.1) is 6.61 Å². The number of aliphatic hydroxyl groups is 1. The Labute approximate surface area is 102 Å². The summed E-state index contributed by atoms with van der Waals surface area (Å²) in [6.45, 7) is 8.00. The Balaban J connectivity index is 3.14. The number of carbonyl (C=O) groups is 1. The van der Waals surface area contributed by atoms with Crippen LogP contribution in [0, 0.1) is 0 Å². The molecule has 0 heterocycles. The molecule has 0 aromatic heterocycles. The van der Waals surface area contributed by atoms with Gasteiger partial charge in [0.15, 0.2) is 5.78 Å². The van der Waals surface area contributed by atoms with Crippen LogP contribution < -0.4 is 4.74 Å². The highest BCUT2D eigenvalue weighted by atomic mass is 16.5. The predicted molar refractivity (Wildman–Crippen MR) is 67.7 cm³/mol. The number of ketones is 1. The highest BCUT2D eigenvalue weighted by Gasteiger charge is 2.16. The zero-order valence-corrected chi connectivity index (χ0v) is 10.9. The highest BCUT2D eigenvalue weighted by molar-refractivity contribution is 5.94. The van der Waals surface area contributed by atoms with E-state index >= 15 is 0 Å². The van der Waals surface area contributed by atoms with Crippen LogP contribution in [-0.2, 0) is 5.41 Å². The lowest BCUT2D eigenvalue weighted by Crippen LogP contribution is -2.13. The molecule has 1 N–H and O–H groups in total. The molecule has 0 saturated carbocycles. The zero-order chi connectivity index (χ0) is 13.1. The predicted octanol–water partition coefficient (Wildman–Crippen LogP) is 2.56. The number of rotatable bonds is 4. The summed E-state index contributed by atoms with van der Waals surface area (Å²) in [5.74, 6) is 0.654. The van der Waals surface area contributed by atoms with Crippen molar-refractivity contribution in [2.45, 2.75) is 33.1 Å². The lowest BCUT2D eigenvalue weighted by molar-refractivity contribution is 0.101. The summed E-state index contributed by atoms with van der Waals surface area (Å²) < 4.78 is 5.38. The summed E-state index contributed by atoms with van der Waals surface area (Å²) in [5.41, 5.74) is 1.66. The van der Waals surface area contributed by atoms with E-state index in [0.29, 0.717) is 11.3 Å². The molecular weight excluding hydrogens is 216 g/mol. The maximum Gasteiger partial charge on any atom is 0.159 e. The molecule has 0 fully saturated rings. The molecular formula is C14H20O3. The first kappa shape index (κ1) is 13.7. The standard InChI is InChI=1S/C14H20O3/c1-10(16)11-7-12(14(2,3)4)9-13(8-11)17-6-5-15/h7-9,15H,5-6H2,1-4H3. The third-order valence-corrected chi connectivity index (χ3v) is 2.54. The molecule has 1 aromatic carbocycles. The number of ether oxygens (including phenoxy) is 1. The van der Waals surface area contributed by atoms with Gasteiger partial charge >= 0.3 is 0 Å². The minimum atomic E-state index is -0.0389. The van der Waals surface area contributed by atoms with Crippen molar-refractivity contribution in [1.82, 2.24) is 0 Å². The van der Waals surface area contributed by atoms with E-state index in [-0.39, 0.29) is 24.4 Å². The quantitative estimate of drug-likeness (QED) is 0.817. The summed E-state index contributed by atoms with van der Waals surface area (Å²) in [6, 6.07) is 5.53. The van der Waals surface area contributed by atoms with Crippen LogP contribution in [0.15, 0.2) is 18.2 Å². The van der Waals surface area contributed by atoms with Crippen molar-refractivity contribution in [3.05, 3.63) is 29.3 Å². The molecule has 0 spiro atoms. The van der Waals surface area contributed by atoms with E-state index < -0.39 is 0 Å². The van der Waals surface area contributed by atoms with Gasteiger partial charge in [-0.1, -0.05) is 20.8 Å². The van der Waals surface area contributed by atoms with Crippen LogP contribution in [0.1, 0.15) is 43.6 Å². The van der Waals surface area contributed by atoms with Crippen molar-refractivity contribution >= 4 is 5.78 Å². The summed E-state index contributed by atoms with van der Waals surface area (Å²) in [5, 5.41) is 8.74. The second-order valence-corrected chi connectivity index (χ2v) is 5.12. The summed E-state index contributed by atoms with van der Waals surface area (Å²) in [4.78, 5) is 11.4. The van der Waals surface area contributed by atoms with Crippen molar-refractivity contribution in [2.24, 2.45) is 0 Å². The topological polar surface area (TPSA) is 46.5 Å². The van der Waals surface area contributed by atoms with E-state index in [1.54, 1.807) is 6.07 Å². The maximum atomic E-state index is 11.4. The Bertz CT molecular complexity index is 402.